The number of methoxy groups -OCH3 is 1. The van der Waals surface area contributed by atoms with Gasteiger partial charge >= 0.3 is 0 Å². The van der Waals surface area contributed by atoms with Crippen LogP contribution in [0.25, 0.3) is 22.4 Å². The number of benzene rings is 2. The molecule has 0 fully saturated rings. The molecule has 6 nitrogen and oxygen atoms in total. The molecule has 27 heavy (non-hydrogen) atoms. The minimum absolute atomic E-state index is 0.283. The zero-order chi connectivity index (χ0) is 18.8. The van der Waals surface area contributed by atoms with E-state index in [9.17, 15) is 4.79 Å². The molecule has 2 heterocycles. The van der Waals surface area contributed by atoms with Crippen LogP contribution >= 0.6 is 11.3 Å². The fourth-order valence-electron chi connectivity index (χ4n) is 2.58. The molecule has 0 aliphatic carbocycles. The van der Waals surface area contributed by atoms with Crippen LogP contribution in [0.15, 0.2) is 58.3 Å². The van der Waals surface area contributed by atoms with Gasteiger partial charge in [-0.1, -0.05) is 0 Å². The zero-order valence-corrected chi connectivity index (χ0v) is 15.0. The van der Waals surface area contributed by atoms with Crippen molar-refractivity contribution in [1.82, 2.24) is 4.98 Å². The van der Waals surface area contributed by atoms with Gasteiger partial charge in [0.25, 0.3) is 5.91 Å². The van der Waals surface area contributed by atoms with Gasteiger partial charge in [0.2, 0.25) is 0 Å². The van der Waals surface area contributed by atoms with E-state index in [1.807, 2.05) is 35.7 Å². The summed E-state index contributed by atoms with van der Waals surface area (Å²) in [5.74, 6) is 1.09. The van der Waals surface area contributed by atoms with E-state index in [1.165, 1.54) is 11.3 Å². The summed E-state index contributed by atoms with van der Waals surface area (Å²) in [6.45, 7) is 0. The molecule has 4 aromatic rings. The van der Waals surface area contributed by atoms with E-state index in [1.54, 1.807) is 31.4 Å². The van der Waals surface area contributed by atoms with E-state index in [4.69, 9.17) is 14.4 Å². The maximum absolute atomic E-state index is 12.3. The van der Waals surface area contributed by atoms with Crippen molar-refractivity contribution in [2.24, 2.45) is 0 Å². The Morgan fingerprint density at radius 3 is 2.78 bits per heavy atom. The molecule has 0 saturated heterocycles. The number of fused-ring (bicyclic) bond motifs is 1. The largest absolute Gasteiger partial charge is 0.497 e. The van der Waals surface area contributed by atoms with Crippen molar-refractivity contribution in [3.63, 3.8) is 0 Å². The Morgan fingerprint density at radius 2 is 2.04 bits per heavy atom. The number of amides is 1. The third-order valence-electron chi connectivity index (χ3n) is 3.98. The zero-order valence-electron chi connectivity index (χ0n) is 14.2. The van der Waals surface area contributed by atoms with Gasteiger partial charge in [0.05, 0.1) is 18.7 Å². The van der Waals surface area contributed by atoms with Gasteiger partial charge < -0.3 is 9.15 Å². The lowest BCUT2D eigenvalue weighted by atomic mass is 10.1. The number of nitrogens with zero attached hydrogens (tertiary/aromatic N) is 2. The number of aromatic nitrogens is 1. The molecule has 0 atom stereocenters. The van der Waals surface area contributed by atoms with Crippen molar-refractivity contribution < 1.29 is 13.9 Å². The average Bonchev–Trinajstić information content (AvgIpc) is 3.33. The average molecular weight is 375 g/mol. The highest BCUT2D eigenvalue weighted by Crippen LogP contribution is 2.32. The van der Waals surface area contributed by atoms with Gasteiger partial charge in [-0.05, 0) is 48.5 Å². The monoisotopic (exact) mass is 375 g/mol. The van der Waals surface area contributed by atoms with Crippen LogP contribution in [0, 0.1) is 11.3 Å². The summed E-state index contributed by atoms with van der Waals surface area (Å²) in [6.07, 6.45) is 0. The Balaban J connectivity index is 1.54. The molecule has 2 aromatic heterocycles. The first kappa shape index (κ1) is 16.8. The van der Waals surface area contributed by atoms with Crippen LogP contribution < -0.4 is 10.1 Å². The van der Waals surface area contributed by atoms with Gasteiger partial charge in [-0.25, -0.2) is 4.98 Å². The lowest BCUT2D eigenvalue weighted by Crippen LogP contribution is -2.11. The van der Waals surface area contributed by atoms with Gasteiger partial charge in [-0.2, -0.15) is 5.26 Å². The minimum atomic E-state index is -0.283. The number of nitriles is 1. The molecular weight excluding hydrogens is 362 g/mol. The topological polar surface area (TPSA) is 88.1 Å². The van der Waals surface area contributed by atoms with E-state index in [0.29, 0.717) is 27.7 Å². The Kier molecular flexibility index (Phi) is 4.32. The van der Waals surface area contributed by atoms with Crippen molar-refractivity contribution in [3.8, 4) is 23.3 Å². The first-order chi connectivity index (χ1) is 13.2. The fraction of sp³-hybridized carbons (Fsp3) is 0.0500. The molecule has 0 aliphatic heterocycles. The van der Waals surface area contributed by atoms with Crippen molar-refractivity contribution in [3.05, 3.63) is 65.0 Å². The molecular formula is C20H13N3O3S. The molecule has 0 unspecified atom stereocenters. The third kappa shape index (κ3) is 3.38. The van der Waals surface area contributed by atoms with Crippen molar-refractivity contribution >= 4 is 33.3 Å². The number of anilines is 1. The second-order valence-electron chi connectivity index (χ2n) is 5.70. The van der Waals surface area contributed by atoms with Crippen LogP contribution in [-0.4, -0.2) is 18.0 Å². The maximum atomic E-state index is 12.3. The second kappa shape index (κ2) is 6.94. The third-order valence-corrected chi connectivity index (χ3v) is 4.73. The van der Waals surface area contributed by atoms with E-state index in [0.717, 1.165) is 16.7 Å². The predicted molar refractivity (Wildman–Crippen MR) is 103 cm³/mol. The number of carbonyl (C=O) groups is 1. The number of rotatable bonds is 4. The van der Waals surface area contributed by atoms with E-state index in [-0.39, 0.29) is 5.91 Å². The summed E-state index contributed by atoms with van der Waals surface area (Å²) in [5.41, 5.74) is 2.35. The Morgan fingerprint density at radius 1 is 1.22 bits per heavy atom. The molecule has 2 aromatic carbocycles. The SMILES string of the molecule is COc1ccc2oc(-c3csc(NC(=O)c4ccc(C#N)cc4)n3)cc2c1. The van der Waals surface area contributed by atoms with Crippen molar-refractivity contribution in [2.75, 3.05) is 12.4 Å². The molecule has 0 radical (unpaired) electrons. The molecule has 0 bridgehead atoms. The van der Waals surface area contributed by atoms with Crippen LogP contribution in [0.5, 0.6) is 5.75 Å². The molecule has 0 saturated carbocycles. The Labute approximate surface area is 158 Å². The number of hydrogen-bond donors (Lipinski definition) is 1. The standard InChI is InChI=1S/C20H13N3O3S/c1-25-15-6-7-17-14(8-15)9-18(26-17)16-11-27-20(22-16)23-19(24)13-4-2-12(10-21)3-5-13/h2-9,11H,1H3,(H,22,23,24). The van der Waals surface area contributed by atoms with Gasteiger partial charge in [0.15, 0.2) is 10.9 Å². The lowest BCUT2D eigenvalue weighted by molar-refractivity contribution is 0.102. The molecule has 0 aliphatic rings. The maximum Gasteiger partial charge on any atom is 0.257 e. The van der Waals surface area contributed by atoms with Gasteiger partial charge in [-0.15, -0.1) is 11.3 Å². The quantitative estimate of drug-likeness (QED) is 0.559. The molecule has 4 rings (SSSR count). The van der Waals surface area contributed by atoms with Crippen LogP contribution in [-0.2, 0) is 0 Å². The summed E-state index contributed by atoms with van der Waals surface area (Å²) in [4.78, 5) is 16.7. The summed E-state index contributed by atoms with van der Waals surface area (Å²) in [6, 6.07) is 15.9. The highest BCUT2D eigenvalue weighted by Gasteiger charge is 2.13. The first-order valence-electron chi connectivity index (χ1n) is 8.01. The number of carbonyl (C=O) groups excluding carboxylic acids is 1. The van der Waals surface area contributed by atoms with Crippen LogP contribution in [0.4, 0.5) is 5.13 Å². The highest BCUT2D eigenvalue weighted by atomic mass is 32.1. The predicted octanol–water partition coefficient (Wildman–Crippen LogP) is 4.69. The van der Waals surface area contributed by atoms with Crippen molar-refractivity contribution in [1.29, 1.82) is 5.26 Å². The van der Waals surface area contributed by atoms with Gasteiger partial charge in [0.1, 0.15) is 17.0 Å². The number of furan rings is 1. The van der Waals surface area contributed by atoms with Gasteiger partial charge in [0, 0.05) is 16.3 Å². The van der Waals surface area contributed by atoms with Crippen LogP contribution in [0.1, 0.15) is 15.9 Å². The van der Waals surface area contributed by atoms with Crippen molar-refractivity contribution in [2.45, 2.75) is 0 Å². The Hall–Kier alpha value is -3.63. The molecule has 0 spiro atoms. The second-order valence-corrected chi connectivity index (χ2v) is 6.55. The summed E-state index contributed by atoms with van der Waals surface area (Å²) in [5, 5.41) is 14.8. The number of hydrogen-bond acceptors (Lipinski definition) is 6. The molecule has 7 heteroatoms. The summed E-state index contributed by atoms with van der Waals surface area (Å²) < 4.78 is 11.0. The van der Waals surface area contributed by atoms with E-state index in [2.05, 4.69) is 10.3 Å². The lowest BCUT2D eigenvalue weighted by Gasteiger charge is -2.01. The van der Waals surface area contributed by atoms with E-state index >= 15 is 0 Å². The molecule has 1 amide bonds. The van der Waals surface area contributed by atoms with Crippen LogP contribution in [0.3, 0.4) is 0 Å². The number of ether oxygens (including phenoxy) is 1. The highest BCUT2D eigenvalue weighted by molar-refractivity contribution is 7.14. The normalized spacial score (nSPS) is 10.5. The molecule has 1 N–H and O–H groups in total. The smallest absolute Gasteiger partial charge is 0.257 e. The fourth-order valence-corrected chi connectivity index (χ4v) is 3.28. The van der Waals surface area contributed by atoms with E-state index < -0.39 is 0 Å². The first-order valence-corrected chi connectivity index (χ1v) is 8.89. The molecule has 132 valence electrons. The van der Waals surface area contributed by atoms with Gasteiger partial charge in [-0.3, -0.25) is 10.1 Å². The minimum Gasteiger partial charge on any atom is -0.497 e. The summed E-state index contributed by atoms with van der Waals surface area (Å²) in [7, 11) is 1.62. The van der Waals surface area contributed by atoms with Crippen LogP contribution in [0.2, 0.25) is 0 Å². The Bertz CT molecular complexity index is 1170. The summed E-state index contributed by atoms with van der Waals surface area (Å²) >= 11 is 1.31. The number of nitrogens with one attached hydrogen (secondary N) is 1. The number of thiazole rings is 1.